The maximum atomic E-state index is 13.0. The molecule has 0 spiro atoms. The second-order valence-corrected chi connectivity index (χ2v) is 7.13. The van der Waals surface area contributed by atoms with Crippen LogP contribution in [0.25, 0.3) is 0 Å². The lowest BCUT2D eigenvalue weighted by atomic mass is 9.84. The average molecular weight is 453 g/mol. The monoisotopic (exact) mass is 453 g/mol. The summed E-state index contributed by atoms with van der Waals surface area (Å²) in [7, 11) is 0. The summed E-state index contributed by atoms with van der Waals surface area (Å²) in [6, 6.07) is 14.6. The molecule has 0 saturated carbocycles. The number of alkyl halides is 3. The molecule has 0 bridgehead atoms. The van der Waals surface area contributed by atoms with Gasteiger partial charge in [0.05, 0.1) is 11.1 Å². The highest BCUT2D eigenvalue weighted by molar-refractivity contribution is 6.28. The van der Waals surface area contributed by atoms with Crippen molar-refractivity contribution in [2.75, 3.05) is 11.9 Å². The fraction of sp³-hybridized carbons (Fsp3) is 0.0833. The van der Waals surface area contributed by atoms with E-state index >= 15 is 0 Å². The van der Waals surface area contributed by atoms with Gasteiger partial charge < -0.3 is 10.1 Å². The third-order valence-corrected chi connectivity index (χ3v) is 5.00. The molecule has 0 fully saturated rings. The molecule has 166 valence electrons. The smallest absolute Gasteiger partial charge is 0.417 e. The zero-order valence-corrected chi connectivity index (χ0v) is 16.7. The van der Waals surface area contributed by atoms with Gasteiger partial charge in [0.1, 0.15) is 0 Å². The average Bonchev–Trinajstić information content (AvgIpc) is 2.80. The number of nitrogens with one attached hydrogen (secondary N) is 1. The van der Waals surface area contributed by atoms with E-state index in [-0.39, 0.29) is 39.5 Å². The predicted octanol–water partition coefficient (Wildman–Crippen LogP) is 4.28. The molecule has 9 heteroatoms. The van der Waals surface area contributed by atoms with Gasteiger partial charge in [-0.15, -0.1) is 0 Å². The maximum Gasteiger partial charge on any atom is 0.417 e. The Morgan fingerprint density at radius 3 is 2.03 bits per heavy atom. The SMILES string of the molecule is O=C(COC(=O)c1ccccc1C(F)(F)F)Nc1ccc2c(c1)C(=O)c1ccccc1C2=O. The van der Waals surface area contributed by atoms with Gasteiger partial charge in [-0.05, 0) is 30.3 Å². The fourth-order valence-corrected chi connectivity index (χ4v) is 3.49. The van der Waals surface area contributed by atoms with E-state index in [2.05, 4.69) is 5.32 Å². The topological polar surface area (TPSA) is 89.5 Å². The summed E-state index contributed by atoms with van der Waals surface area (Å²) < 4.78 is 43.9. The van der Waals surface area contributed by atoms with Crippen LogP contribution in [0.1, 0.15) is 47.8 Å². The Kier molecular flexibility index (Phi) is 5.55. The normalized spacial score (nSPS) is 12.6. The van der Waals surface area contributed by atoms with Crippen molar-refractivity contribution in [2.45, 2.75) is 6.18 Å². The van der Waals surface area contributed by atoms with E-state index in [0.29, 0.717) is 0 Å². The molecule has 0 aromatic heterocycles. The number of benzene rings is 3. The van der Waals surface area contributed by atoms with Crippen LogP contribution in [0.5, 0.6) is 0 Å². The molecule has 3 aromatic rings. The summed E-state index contributed by atoms with van der Waals surface area (Å²) >= 11 is 0. The van der Waals surface area contributed by atoms with Crippen LogP contribution in [0.15, 0.2) is 66.7 Å². The second-order valence-electron chi connectivity index (χ2n) is 7.13. The zero-order chi connectivity index (χ0) is 23.8. The number of rotatable bonds is 4. The first-order valence-electron chi connectivity index (χ1n) is 9.62. The maximum absolute atomic E-state index is 13.0. The molecule has 4 rings (SSSR count). The number of hydrogen-bond acceptors (Lipinski definition) is 5. The van der Waals surface area contributed by atoms with E-state index in [1.165, 1.54) is 30.3 Å². The van der Waals surface area contributed by atoms with E-state index in [4.69, 9.17) is 4.74 Å². The second kappa shape index (κ2) is 8.34. The van der Waals surface area contributed by atoms with Crippen LogP contribution in [0.2, 0.25) is 0 Å². The molecule has 0 radical (unpaired) electrons. The van der Waals surface area contributed by atoms with Crippen molar-refractivity contribution in [2.24, 2.45) is 0 Å². The van der Waals surface area contributed by atoms with Crippen LogP contribution in [-0.4, -0.2) is 30.0 Å². The van der Waals surface area contributed by atoms with E-state index in [1.54, 1.807) is 18.2 Å². The highest BCUT2D eigenvalue weighted by Gasteiger charge is 2.35. The lowest BCUT2D eigenvalue weighted by Gasteiger charge is -2.18. The Bertz CT molecular complexity index is 1310. The minimum absolute atomic E-state index is 0.104. The minimum Gasteiger partial charge on any atom is -0.452 e. The number of fused-ring (bicyclic) bond motifs is 2. The summed E-state index contributed by atoms with van der Waals surface area (Å²) in [5, 5.41) is 2.40. The Labute approximate surface area is 185 Å². The third kappa shape index (κ3) is 4.25. The van der Waals surface area contributed by atoms with Crippen molar-refractivity contribution < 1.29 is 37.1 Å². The third-order valence-electron chi connectivity index (χ3n) is 5.00. The van der Waals surface area contributed by atoms with Gasteiger partial charge in [-0.3, -0.25) is 14.4 Å². The van der Waals surface area contributed by atoms with Crippen molar-refractivity contribution in [3.8, 4) is 0 Å². The largest absolute Gasteiger partial charge is 0.452 e. The zero-order valence-electron chi connectivity index (χ0n) is 16.7. The van der Waals surface area contributed by atoms with Gasteiger partial charge in [-0.25, -0.2) is 4.79 Å². The molecule has 0 unspecified atom stereocenters. The van der Waals surface area contributed by atoms with E-state index < -0.39 is 35.8 Å². The van der Waals surface area contributed by atoms with Crippen LogP contribution in [0.4, 0.5) is 18.9 Å². The molecule has 33 heavy (non-hydrogen) atoms. The molecule has 0 atom stereocenters. The molecule has 1 amide bonds. The molecule has 0 saturated heterocycles. The lowest BCUT2D eigenvalue weighted by molar-refractivity contribution is -0.138. The van der Waals surface area contributed by atoms with Crippen molar-refractivity contribution in [3.05, 3.63) is 100 Å². The number of hydrogen-bond donors (Lipinski definition) is 1. The Morgan fingerprint density at radius 2 is 1.36 bits per heavy atom. The minimum atomic E-state index is -4.76. The summed E-state index contributed by atoms with van der Waals surface area (Å²) in [6.07, 6.45) is -4.76. The number of esters is 1. The van der Waals surface area contributed by atoms with Crippen molar-refractivity contribution in [1.82, 2.24) is 0 Å². The number of anilines is 1. The van der Waals surface area contributed by atoms with Crippen molar-refractivity contribution >= 4 is 29.1 Å². The molecule has 1 aliphatic carbocycles. The fourth-order valence-electron chi connectivity index (χ4n) is 3.49. The number of amides is 1. The number of ketones is 2. The Hall–Kier alpha value is -4.27. The highest BCUT2D eigenvalue weighted by Crippen LogP contribution is 2.32. The number of halogens is 3. The summed E-state index contributed by atoms with van der Waals surface area (Å²) in [5.74, 6) is -2.84. The summed E-state index contributed by atoms with van der Waals surface area (Å²) in [5.41, 5.74) is -0.901. The standard InChI is InChI=1S/C24H14F3NO5/c25-24(26,27)19-8-4-3-7-17(19)23(32)33-12-20(29)28-13-9-10-16-18(11-13)22(31)15-6-2-1-5-14(15)21(16)30/h1-11H,12H2,(H,28,29). The molecule has 6 nitrogen and oxygen atoms in total. The van der Waals surface area contributed by atoms with E-state index in [1.807, 2.05) is 0 Å². The molecular weight excluding hydrogens is 439 g/mol. The number of ether oxygens (including phenoxy) is 1. The molecule has 1 aliphatic rings. The number of carbonyl (C=O) groups is 4. The van der Waals surface area contributed by atoms with Gasteiger partial charge in [0.25, 0.3) is 5.91 Å². The lowest BCUT2D eigenvalue weighted by Crippen LogP contribution is -2.24. The van der Waals surface area contributed by atoms with Gasteiger partial charge in [-0.2, -0.15) is 13.2 Å². The van der Waals surface area contributed by atoms with Crippen LogP contribution < -0.4 is 5.32 Å². The quantitative estimate of drug-likeness (QED) is 0.466. The Balaban J connectivity index is 1.46. The van der Waals surface area contributed by atoms with Gasteiger partial charge in [0.2, 0.25) is 0 Å². The first-order chi connectivity index (χ1) is 15.7. The first kappa shape index (κ1) is 21.9. The van der Waals surface area contributed by atoms with Crippen LogP contribution >= 0.6 is 0 Å². The summed E-state index contributed by atoms with van der Waals surface area (Å²) in [6.45, 7) is -0.849. The molecule has 0 heterocycles. The van der Waals surface area contributed by atoms with Crippen LogP contribution in [-0.2, 0) is 15.7 Å². The Morgan fingerprint density at radius 1 is 0.788 bits per heavy atom. The van der Waals surface area contributed by atoms with E-state index in [0.717, 1.165) is 18.2 Å². The molecule has 3 aromatic carbocycles. The molecular formula is C24H14F3NO5. The van der Waals surface area contributed by atoms with Crippen molar-refractivity contribution in [3.63, 3.8) is 0 Å². The number of carbonyl (C=O) groups excluding carboxylic acids is 4. The van der Waals surface area contributed by atoms with Gasteiger partial charge in [0, 0.05) is 27.9 Å². The first-order valence-corrected chi connectivity index (χ1v) is 9.62. The summed E-state index contributed by atoms with van der Waals surface area (Å²) in [4.78, 5) is 49.6. The van der Waals surface area contributed by atoms with Gasteiger partial charge >= 0.3 is 12.1 Å². The van der Waals surface area contributed by atoms with Gasteiger partial charge in [0.15, 0.2) is 18.2 Å². The van der Waals surface area contributed by atoms with Crippen LogP contribution in [0, 0.1) is 0 Å². The molecule has 1 N–H and O–H groups in total. The van der Waals surface area contributed by atoms with Crippen LogP contribution in [0.3, 0.4) is 0 Å². The van der Waals surface area contributed by atoms with Crippen molar-refractivity contribution in [1.29, 1.82) is 0 Å². The molecule has 0 aliphatic heterocycles. The van der Waals surface area contributed by atoms with Gasteiger partial charge in [-0.1, -0.05) is 36.4 Å². The van der Waals surface area contributed by atoms with E-state index in [9.17, 15) is 32.3 Å². The predicted molar refractivity (Wildman–Crippen MR) is 110 cm³/mol. The highest BCUT2D eigenvalue weighted by atomic mass is 19.4.